The highest BCUT2D eigenvalue weighted by Gasteiger charge is 2.14. The van der Waals surface area contributed by atoms with E-state index in [1.807, 2.05) is 18.2 Å². The number of hydrogen-bond donors (Lipinski definition) is 1. The number of nitrogens with one attached hydrogen (secondary N) is 1. The first-order valence-corrected chi connectivity index (χ1v) is 8.71. The van der Waals surface area contributed by atoms with Crippen molar-refractivity contribution in [1.82, 2.24) is 0 Å². The molecule has 1 aliphatic heterocycles. The molecule has 0 aromatic heterocycles. The molecule has 2 aromatic rings. The van der Waals surface area contributed by atoms with Gasteiger partial charge in [0, 0.05) is 18.2 Å². The number of ether oxygens (including phenoxy) is 2. The van der Waals surface area contributed by atoms with E-state index in [0.29, 0.717) is 25.4 Å². The Morgan fingerprint density at radius 1 is 1.00 bits per heavy atom. The molecule has 1 heterocycles. The Bertz CT molecular complexity index is 745. The molecule has 4 nitrogen and oxygen atoms in total. The molecule has 0 radical (unpaired) electrons. The van der Waals surface area contributed by atoms with Gasteiger partial charge in [-0.2, -0.15) is 0 Å². The molecule has 4 heteroatoms. The van der Waals surface area contributed by atoms with Crippen molar-refractivity contribution in [1.29, 1.82) is 0 Å². The second-order valence-electron chi connectivity index (χ2n) is 7.35. The number of amides is 1. The lowest BCUT2D eigenvalue weighted by Crippen LogP contribution is -2.16. The normalized spacial score (nSPS) is 13.4. The van der Waals surface area contributed by atoms with E-state index in [4.69, 9.17) is 9.47 Å². The van der Waals surface area contributed by atoms with Crippen LogP contribution < -0.4 is 14.8 Å². The summed E-state index contributed by atoms with van der Waals surface area (Å²) in [5.41, 5.74) is 3.35. The summed E-state index contributed by atoms with van der Waals surface area (Å²) in [4.78, 5) is 12.2. The fraction of sp³-hybridized carbons (Fsp3) is 0.381. The zero-order valence-corrected chi connectivity index (χ0v) is 15.1. The van der Waals surface area contributed by atoms with Crippen LogP contribution in [0.3, 0.4) is 0 Å². The molecule has 0 fully saturated rings. The summed E-state index contributed by atoms with van der Waals surface area (Å²) in [5.74, 6) is 1.40. The molecule has 1 N–H and O–H groups in total. The second kappa shape index (κ2) is 7.18. The Kier molecular flexibility index (Phi) is 4.98. The summed E-state index contributed by atoms with van der Waals surface area (Å²) in [7, 11) is 0. The van der Waals surface area contributed by atoms with Crippen LogP contribution in [0.2, 0.25) is 0 Å². The predicted octanol–water partition coefficient (Wildman–Crippen LogP) is 4.33. The van der Waals surface area contributed by atoms with E-state index in [1.54, 1.807) is 0 Å². The first kappa shape index (κ1) is 17.3. The summed E-state index contributed by atoms with van der Waals surface area (Å²) in [5, 5.41) is 2.92. The summed E-state index contributed by atoms with van der Waals surface area (Å²) < 4.78 is 11.0. The number of carbonyl (C=O) groups is 1. The number of carbonyl (C=O) groups excluding carboxylic acids is 1. The summed E-state index contributed by atoms with van der Waals surface area (Å²) in [6, 6.07) is 14.0. The lowest BCUT2D eigenvalue weighted by molar-refractivity contribution is -0.116. The van der Waals surface area contributed by atoms with E-state index in [9.17, 15) is 4.79 Å². The highest BCUT2D eigenvalue weighted by Crippen LogP contribution is 2.32. The van der Waals surface area contributed by atoms with Gasteiger partial charge in [-0.15, -0.1) is 0 Å². The Labute approximate surface area is 149 Å². The predicted molar refractivity (Wildman–Crippen MR) is 99.5 cm³/mol. The highest BCUT2D eigenvalue weighted by atomic mass is 16.6. The van der Waals surface area contributed by atoms with Crippen molar-refractivity contribution >= 4 is 11.6 Å². The average molecular weight is 339 g/mol. The van der Waals surface area contributed by atoms with Crippen LogP contribution >= 0.6 is 0 Å². The Morgan fingerprint density at radius 2 is 1.68 bits per heavy atom. The standard InChI is InChI=1S/C21H25NO3/c1-21(2,3)16-7-4-15(5-8-16)6-11-20(23)22-17-9-10-18-19(14-17)25-13-12-24-18/h4-5,7-10,14H,6,11-13H2,1-3H3,(H,22,23). The number of fused-ring (bicyclic) bond motifs is 1. The van der Waals surface area contributed by atoms with Crippen LogP contribution in [0.1, 0.15) is 38.3 Å². The van der Waals surface area contributed by atoms with Gasteiger partial charge in [-0.1, -0.05) is 45.0 Å². The van der Waals surface area contributed by atoms with Crippen LogP contribution in [0, 0.1) is 0 Å². The lowest BCUT2D eigenvalue weighted by atomic mass is 9.86. The number of aryl methyl sites for hydroxylation is 1. The molecule has 132 valence electrons. The minimum atomic E-state index is -0.00317. The van der Waals surface area contributed by atoms with Gasteiger partial charge in [-0.3, -0.25) is 4.79 Å². The molecule has 1 amide bonds. The maximum atomic E-state index is 12.2. The number of rotatable bonds is 4. The van der Waals surface area contributed by atoms with Crippen molar-refractivity contribution in [2.45, 2.75) is 39.0 Å². The third-order valence-corrected chi connectivity index (χ3v) is 4.29. The van der Waals surface area contributed by atoms with Crippen molar-refractivity contribution in [3.05, 3.63) is 53.6 Å². The van der Waals surface area contributed by atoms with Crippen molar-refractivity contribution in [3.8, 4) is 11.5 Å². The zero-order valence-electron chi connectivity index (χ0n) is 15.1. The van der Waals surface area contributed by atoms with Crippen LogP contribution in [0.15, 0.2) is 42.5 Å². The first-order valence-electron chi connectivity index (χ1n) is 8.71. The van der Waals surface area contributed by atoms with Crippen LogP contribution in [0.5, 0.6) is 11.5 Å². The smallest absolute Gasteiger partial charge is 0.224 e. The monoisotopic (exact) mass is 339 g/mol. The van der Waals surface area contributed by atoms with Crippen LogP contribution in [0.25, 0.3) is 0 Å². The fourth-order valence-corrected chi connectivity index (χ4v) is 2.77. The number of hydrogen-bond acceptors (Lipinski definition) is 3. The SMILES string of the molecule is CC(C)(C)c1ccc(CCC(=O)Nc2ccc3c(c2)OCCO3)cc1. The lowest BCUT2D eigenvalue weighted by Gasteiger charge is -2.19. The van der Waals surface area contributed by atoms with E-state index >= 15 is 0 Å². The van der Waals surface area contributed by atoms with Gasteiger partial charge >= 0.3 is 0 Å². The molecule has 0 saturated carbocycles. The quantitative estimate of drug-likeness (QED) is 0.902. The molecule has 0 bridgehead atoms. The second-order valence-corrected chi connectivity index (χ2v) is 7.35. The Hall–Kier alpha value is -2.49. The fourth-order valence-electron chi connectivity index (χ4n) is 2.77. The molecule has 0 saturated heterocycles. The molecule has 0 spiro atoms. The van der Waals surface area contributed by atoms with E-state index in [-0.39, 0.29) is 11.3 Å². The Morgan fingerprint density at radius 3 is 2.36 bits per heavy atom. The molecule has 0 unspecified atom stereocenters. The zero-order chi connectivity index (χ0) is 17.9. The van der Waals surface area contributed by atoms with Crippen molar-refractivity contribution in [2.24, 2.45) is 0 Å². The third kappa shape index (κ3) is 4.53. The van der Waals surface area contributed by atoms with Gasteiger partial charge < -0.3 is 14.8 Å². The Balaban J connectivity index is 1.54. The van der Waals surface area contributed by atoms with E-state index in [2.05, 4.69) is 50.4 Å². The summed E-state index contributed by atoms with van der Waals surface area (Å²) >= 11 is 0. The maximum absolute atomic E-state index is 12.2. The largest absolute Gasteiger partial charge is 0.486 e. The number of benzene rings is 2. The van der Waals surface area contributed by atoms with E-state index in [1.165, 1.54) is 11.1 Å². The van der Waals surface area contributed by atoms with E-state index < -0.39 is 0 Å². The topological polar surface area (TPSA) is 47.6 Å². The van der Waals surface area contributed by atoms with Gasteiger partial charge in [-0.25, -0.2) is 0 Å². The summed E-state index contributed by atoms with van der Waals surface area (Å²) in [6.45, 7) is 7.69. The third-order valence-electron chi connectivity index (χ3n) is 4.29. The maximum Gasteiger partial charge on any atom is 0.224 e. The minimum absolute atomic E-state index is 0.00317. The van der Waals surface area contributed by atoms with Crippen LogP contribution in [-0.2, 0) is 16.6 Å². The van der Waals surface area contributed by atoms with Gasteiger partial charge in [0.1, 0.15) is 13.2 Å². The van der Waals surface area contributed by atoms with Crippen molar-refractivity contribution in [3.63, 3.8) is 0 Å². The van der Waals surface area contributed by atoms with Gasteiger partial charge in [0.05, 0.1) is 0 Å². The molecule has 0 atom stereocenters. The molecular formula is C21H25NO3. The molecule has 2 aromatic carbocycles. The van der Waals surface area contributed by atoms with Crippen molar-refractivity contribution in [2.75, 3.05) is 18.5 Å². The average Bonchev–Trinajstić information content (AvgIpc) is 2.59. The minimum Gasteiger partial charge on any atom is -0.486 e. The molecular weight excluding hydrogens is 314 g/mol. The highest BCUT2D eigenvalue weighted by molar-refractivity contribution is 5.91. The summed E-state index contributed by atoms with van der Waals surface area (Å²) in [6.07, 6.45) is 1.17. The van der Waals surface area contributed by atoms with Gasteiger partial charge in [-0.05, 0) is 35.1 Å². The molecule has 25 heavy (non-hydrogen) atoms. The molecule has 0 aliphatic carbocycles. The van der Waals surface area contributed by atoms with Crippen LogP contribution in [0.4, 0.5) is 5.69 Å². The van der Waals surface area contributed by atoms with Gasteiger partial charge in [0.25, 0.3) is 0 Å². The van der Waals surface area contributed by atoms with E-state index in [0.717, 1.165) is 17.9 Å². The van der Waals surface area contributed by atoms with Crippen molar-refractivity contribution < 1.29 is 14.3 Å². The first-order chi connectivity index (χ1) is 11.9. The molecule has 1 aliphatic rings. The van der Waals surface area contributed by atoms with Gasteiger partial charge in [0.2, 0.25) is 5.91 Å². The molecule has 3 rings (SSSR count). The van der Waals surface area contributed by atoms with Crippen LogP contribution in [-0.4, -0.2) is 19.1 Å². The van der Waals surface area contributed by atoms with Gasteiger partial charge in [0.15, 0.2) is 11.5 Å². The number of anilines is 1.